The molecule has 5 nitrogen and oxygen atoms in total. The average molecular weight is 299 g/mol. The molecule has 1 aromatic rings. The monoisotopic (exact) mass is 299 g/mol. The van der Waals surface area contributed by atoms with Crippen molar-refractivity contribution in [3.8, 4) is 0 Å². The van der Waals surface area contributed by atoms with E-state index in [-0.39, 0.29) is 0 Å². The fraction of sp³-hybridized carbons (Fsp3) is 0.571. The molecule has 0 saturated heterocycles. The van der Waals surface area contributed by atoms with E-state index in [1.807, 2.05) is 57.1 Å². The highest BCUT2D eigenvalue weighted by Gasteiger charge is 2.24. The van der Waals surface area contributed by atoms with Crippen LogP contribution in [0.1, 0.15) is 19.4 Å². The highest BCUT2D eigenvalue weighted by atomic mass is 32.2. The lowest BCUT2D eigenvalue weighted by Crippen LogP contribution is -2.41. The van der Waals surface area contributed by atoms with Crippen molar-refractivity contribution in [2.24, 2.45) is 0 Å². The summed E-state index contributed by atoms with van der Waals surface area (Å²) in [6.45, 7) is 5.06. The van der Waals surface area contributed by atoms with Gasteiger partial charge in [-0.2, -0.15) is 17.0 Å². The number of anilines is 1. The Bertz CT molecular complexity index is 508. The van der Waals surface area contributed by atoms with Crippen LogP contribution in [0.5, 0.6) is 0 Å². The second kappa shape index (κ2) is 7.06. The van der Waals surface area contributed by atoms with E-state index in [4.69, 9.17) is 0 Å². The van der Waals surface area contributed by atoms with Crippen LogP contribution in [0.2, 0.25) is 0 Å². The van der Waals surface area contributed by atoms with Crippen LogP contribution in [-0.4, -0.2) is 51.3 Å². The fourth-order valence-electron chi connectivity index (χ4n) is 1.99. The van der Waals surface area contributed by atoms with Crippen LogP contribution >= 0.6 is 0 Å². The van der Waals surface area contributed by atoms with Crippen LogP contribution in [-0.2, 0) is 16.8 Å². The molecule has 0 N–H and O–H groups in total. The van der Waals surface area contributed by atoms with Crippen molar-refractivity contribution in [3.05, 3.63) is 29.8 Å². The Labute approximate surface area is 123 Å². The summed E-state index contributed by atoms with van der Waals surface area (Å²) in [5.74, 6) is 0. The predicted octanol–water partition coefficient (Wildman–Crippen LogP) is 1.77. The van der Waals surface area contributed by atoms with E-state index in [0.29, 0.717) is 19.6 Å². The molecule has 0 saturated carbocycles. The van der Waals surface area contributed by atoms with Crippen molar-refractivity contribution in [1.82, 2.24) is 8.61 Å². The first-order valence-corrected chi connectivity index (χ1v) is 8.20. The molecule has 0 spiro atoms. The van der Waals surface area contributed by atoms with Crippen molar-refractivity contribution in [1.29, 1.82) is 0 Å². The predicted molar refractivity (Wildman–Crippen MR) is 84.1 cm³/mol. The number of nitrogens with zero attached hydrogens (tertiary/aromatic N) is 3. The summed E-state index contributed by atoms with van der Waals surface area (Å²) in [5, 5.41) is 0. The van der Waals surface area contributed by atoms with Gasteiger partial charge in [-0.3, -0.25) is 0 Å². The average Bonchev–Trinajstić information content (AvgIpc) is 2.40. The molecule has 6 heteroatoms. The van der Waals surface area contributed by atoms with Gasteiger partial charge in [-0.1, -0.05) is 26.0 Å². The third kappa shape index (κ3) is 3.94. The summed E-state index contributed by atoms with van der Waals surface area (Å²) in [6, 6.07) is 7.91. The summed E-state index contributed by atoms with van der Waals surface area (Å²) >= 11 is 0. The van der Waals surface area contributed by atoms with Gasteiger partial charge >= 0.3 is 0 Å². The van der Waals surface area contributed by atoms with E-state index in [1.165, 1.54) is 8.61 Å². The van der Waals surface area contributed by atoms with E-state index in [2.05, 4.69) is 0 Å². The van der Waals surface area contributed by atoms with Gasteiger partial charge in [0.2, 0.25) is 0 Å². The molecule has 0 aromatic heterocycles. The molecule has 0 aliphatic carbocycles. The van der Waals surface area contributed by atoms with E-state index in [0.717, 1.165) is 11.3 Å². The Kier molecular flexibility index (Phi) is 5.98. The summed E-state index contributed by atoms with van der Waals surface area (Å²) in [5.41, 5.74) is 2.08. The highest BCUT2D eigenvalue weighted by molar-refractivity contribution is 7.86. The minimum Gasteiger partial charge on any atom is -0.378 e. The summed E-state index contributed by atoms with van der Waals surface area (Å²) < 4.78 is 27.5. The van der Waals surface area contributed by atoms with Gasteiger partial charge < -0.3 is 4.90 Å². The molecule has 0 aliphatic rings. The Hall–Kier alpha value is -1.11. The van der Waals surface area contributed by atoms with Gasteiger partial charge in [-0.05, 0) is 17.7 Å². The zero-order valence-corrected chi connectivity index (χ0v) is 13.8. The SMILES string of the molecule is CCN(CC)S(=O)(=O)N(C)Cc1ccc(N(C)C)cc1. The molecule has 0 fully saturated rings. The van der Waals surface area contributed by atoms with E-state index >= 15 is 0 Å². The minimum atomic E-state index is -3.37. The molecular weight excluding hydrogens is 274 g/mol. The van der Waals surface area contributed by atoms with Gasteiger partial charge in [-0.25, -0.2) is 0 Å². The molecule has 114 valence electrons. The Morgan fingerprint density at radius 2 is 1.45 bits per heavy atom. The molecule has 1 aromatic carbocycles. The minimum absolute atomic E-state index is 0.381. The standard InChI is InChI=1S/C14H25N3O2S/c1-6-17(7-2)20(18,19)16(5)12-13-8-10-14(11-9-13)15(3)4/h8-11H,6-7,12H2,1-5H3. The molecule has 0 heterocycles. The maximum atomic E-state index is 12.3. The summed E-state index contributed by atoms with van der Waals surface area (Å²) in [7, 11) is 2.21. The molecule has 0 radical (unpaired) electrons. The number of hydrogen-bond acceptors (Lipinski definition) is 3. The van der Waals surface area contributed by atoms with E-state index in [9.17, 15) is 8.42 Å². The lowest BCUT2D eigenvalue weighted by molar-refractivity contribution is 0.375. The number of benzene rings is 1. The van der Waals surface area contributed by atoms with Gasteiger partial charge in [0.15, 0.2) is 0 Å². The summed E-state index contributed by atoms with van der Waals surface area (Å²) in [4.78, 5) is 2.01. The Morgan fingerprint density at radius 3 is 1.85 bits per heavy atom. The van der Waals surface area contributed by atoms with Crippen LogP contribution in [0, 0.1) is 0 Å². The van der Waals surface area contributed by atoms with Gasteiger partial charge in [0.1, 0.15) is 0 Å². The smallest absolute Gasteiger partial charge is 0.282 e. The largest absolute Gasteiger partial charge is 0.378 e. The van der Waals surface area contributed by atoms with Gasteiger partial charge in [0.25, 0.3) is 10.2 Å². The van der Waals surface area contributed by atoms with Crippen LogP contribution in [0.4, 0.5) is 5.69 Å². The second-order valence-corrected chi connectivity index (χ2v) is 6.94. The lowest BCUT2D eigenvalue weighted by Gasteiger charge is -2.25. The van der Waals surface area contributed by atoms with Crippen molar-refractivity contribution >= 4 is 15.9 Å². The molecule has 0 unspecified atom stereocenters. The molecule has 0 bridgehead atoms. The number of rotatable bonds is 7. The first-order valence-electron chi connectivity index (χ1n) is 6.80. The maximum absolute atomic E-state index is 12.3. The van der Waals surface area contributed by atoms with Crippen molar-refractivity contribution in [3.63, 3.8) is 0 Å². The normalized spacial score (nSPS) is 12.2. The van der Waals surface area contributed by atoms with Crippen molar-refractivity contribution in [2.75, 3.05) is 39.1 Å². The first-order chi connectivity index (χ1) is 9.32. The zero-order valence-electron chi connectivity index (χ0n) is 13.0. The zero-order chi connectivity index (χ0) is 15.3. The maximum Gasteiger partial charge on any atom is 0.282 e. The quantitative estimate of drug-likeness (QED) is 0.771. The highest BCUT2D eigenvalue weighted by Crippen LogP contribution is 2.15. The molecule has 0 atom stereocenters. The molecular formula is C14H25N3O2S. The molecule has 0 aliphatic heterocycles. The third-order valence-corrected chi connectivity index (χ3v) is 5.37. The fourth-order valence-corrected chi connectivity index (χ4v) is 3.34. The van der Waals surface area contributed by atoms with Crippen LogP contribution in [0.15, 0.2) is 24.3 Å². The van der Waals surface area contributed by atoms with Crippen LogP contribution < -0.4 is 4.90 Å². The molecule has 1 rings (SSSR count). The van der Waals surface area contributed by atoms with E-state index < -0.39 is 10.2 Å². The van der Waals surface area contributed by atoms with Crippen LogP contribution in [0.25, 0.3) is 0 Å². The van der Waals surface area contributed by atoms with Gasteiger partial charge in [0.05, 0.1) is 0 Å². The van der Waals surface area contributed by atoms with Crippen LogP contribution in [0.3, 0.4) is 0 Å². The molecule has 0 amide bonds. The summed E-state index contributed by atoms with van der Waals surface area (Å²) in [6.07, 6.45) is 0. The third-order valence-electron chi connectivity index (χ3n) is 3.28. The molecule has 20 heavy (non-hydrogen) atoms. The second-order valence-electron chi connectivity index (χ2n) is 4.91. The van der Waals surface area contributed by atoms with Crippen molar-refractivity contribution < 1.29 is 8.42 Å². The van der Waals surface area contributed by atoms with Gasteiger partial charge in [-0.15, -0.1) is 0 Å². The first kappa shape index (κ1) is 16.9. The lowest BCUT2D eigenvalue weighted by atomic mass is 10.2. The topological polar surface area (TPSA) is 43.9 Å². The van der Waals surface area contributed by atoms with E-state index in [1.54, 1.807) is 7.05 Å². The van der Waals surface area contributed by atoms with Crippen molar-refractivity contribution in [2.45, 2.75) is 20.4 Å². The Balaban J connectivity index is 2.82. The number of hydrogen-bond donors (Lipinski definition) is 0. The van der Waals surface area contributed by atoms with Gasteiger partial charge in [0, 0.05) is 46.5 Å². The Morgan fingerprint density at radius 1 is 0.950 bits per heavy atom.